The Morgan fingerprint density at radius 3 is 2.33 bits per heavy atom. The summed E-state index contributed by atoms with van der Waals surface area (Å²) >= 11 is 0. The van der Waals surface area contributed by atoms with Gasteiger partial charge in [0.2, 0.25) is 5.91 Å². The molecule has 1 aromatic carbocycles. The molecule has 0 saturated carbocycles. The van der Waals surface area contributed by atoms with Crippen LogP contribution in [0.1, 0.15) is 6.92 Å². The smallest absolute Gasteiger partial charge is 0.243 e. The topological polar surface area (TPSA) is 55.6 Å². The van der Waals surface area contributed by atoms with Crippen LogP contribution in [0.15, 0.2) is 24.3 Å². The maximum Gasteiger partial charge on any atom is 0.243 e. The lowest BCUT2D eigenvalue weighted by atomic mass is 10.2. The molecule has 2 N–H and O–H groups in total. The third kappa shape index (κ3) is 2.70. The van der Waals surface area contributed by atoms with E-state index >= 15 is 0 Å². The molecule has 0 fully saturated rings. The zero-order valence-corrected chi connectivity index (χ0v) is 9.23. The number of rotatable bonds is 3. The quantitative estimate of drug-likeness (QED) is 0.806. The largest absolute Gasteiger partial charge is 0.497 e. The average Bonchev–Trinajstić information content (AvgIpc) is 2.27. The van der Waals surface area contributed by atoms with Gasteiger partial charge in [0.25, 0.3) is 0 Å². The lowest BCUT2D eigenvalue weighted by Gasteiger charge is -2.19. The first-order chi connectivity index (χ1) is 7.06. The van der Waals surface area contributed by atoms with E-state index in [0.717, 1.165) is 11.4 Å². The number of hydrogen-bond donors (Lipinski definition) is 1. The van der Waals surface area contributed by atoms with E-state index in [1.807, 2.05) is 12.1 Å². The predicted molar refractivity (Wildman–Crippen MR) is 60.1 cm³/mol. The first kappa shape index (κ1) is 11.5. The number of likely N-dealkylation sites (N-methyl/N-ethyl adjacent to an activating group) is 1. The molecule has 1 rings (SSSR count). The van der Waals surface area contributed by atoms with Crippen LogP contribution in [0, 0.1) is 0 Å². The number of benzene rings is 1. The molecule has 0 saturated heterocycles. The summed E-state index contributed by atoms with van der Waals surface area (Å²) in [5.74, 6) is 0.653. The Morgan fingerprint density at radius 2 is 1.93 bits per heavy atom. The minimum Gasteiger partial charge on any atom is -0.497 e. The average molecular weight is 208 g/mol. The number of hydrogen-bond acceptors (Lipinski definition) is 3. The van der Waals surface area contributed by atoms with Crippen molar-refractivity contribution in [2.75, 3.05) is 19.1 Å². The van der Waals surface area contributed by atoms with E-state index in [-0.39, 0.29) is 5.91 Å². The molecule has 0 aromatic heterocycles. The van der Waals surface area contributed by atoms with E-state index in [1.54, 1.807) is 33.2 Å². The van der Waals surface area contributed by atoms with E-state index in [9.17, 15) is 4.79 Å². The lowest BCUT2D eigenvalue weighted by molar-refractivity contribution is -0.119. The molecule has 4 heteroatoms. The van der Waals surface area contributed by atoms with Crippen LogP contribution in [0.4, 0.5) is 5.69 Å². The number of anilines is 1. The fourth-order valence-electron chi connectivity index (χ4n) is 1.24. The summed E-state index contributed by atoms with van der Waals surface area (Å²) in [5.41, 5.74) is 6.32. The van der Waals surface area contributed by atoms with Crippen LogP contribution in [0.5, 0.6) is 5.75 Å². The third-order valence-electron chi connectivity index (χ3n) is 2.18. The molecule has 0 bridgehead atoms. The molecule has 0 aliphatic rings. The monoisotopic (exact) mass is 208 g/mol. The van der Waals surface area contributed by atoms with Crippen molar-refractivity contribution in [1.29, 1.82) is 0 Å². The van der Waals surface area contributed by atoms with E-state index in [4.69, 9.17) is 10.5 Å². The first-order valence-electron chi connectivity index (χ1n) is 4.73. The van der Waals surface area contributed by atoms with Gasteiger partial charge in [0.15, 0.2) is 0 Å². The van der Waals surface area contributed by atoms with Gasteiger partial charge in [-0.25, -0.2) is 0 Å². The van der Waals surface area contributed by atoms with Gasteiger partial charge >= 0.3 is 0 Å². The Kier molecular flexibility index (Phi) is 3.68. The summed E-state index contributed by atoms with van der Waals surface area (Å²) in [6.45, 7) is 1.67. The van der Waals surface area contributed by atoms with Crippen molar-refractivity contribution >= 4 is 11.6 Å². The summed E-state index contributed by atoms with van der Waals surface area (Å²) in [5, 5.41) is 0. The molecule has 1 amide bonds. The first-order valence-corrected chi connectivity index (χ1v) is 4.73. The molecular weight excluding hydrogens is 192 g/mol. The van der Waals surface area contributed by atoms with Gasteiger partial charge in [-0.3, -0.25) is 4.79 Å². The van der Waals surface area contributed by atoms with Gasteiger partial charge in [-0.2, -0.15) is 0 Å². The van der Waals surface area contributed by atoms with Gasteiger partial charge in [0.1, 0.15) is 5.75 Å². The molecule has 4 nitrogen and oxygen atoms in total. The Hall–Kier alpha value is -1.55. The summed E-state index contributed by atoms with van der Waals surface area (Å²) in [6, 6.07) is 6.76. The standard InChI is InChI=1S/C11H16N2O2/c1-8(12)11(14)13(2)9-4-6-10(15-3)7-5-9/h4-8H,12H2,1-3H3/t8-/m1/s1. The van der Waals surface area contributed by atoms with Crippen LogP contribution in [0.3, 0.4) is 0 Å². The Labute approximate surface area is 89.6 Å². The highest BCUT2D eigenvalue weighted by molar-refractivity contribution is 5.96. The van der Waals surface area contributed by atoms with Gasteiger partial charge in [-0.05, 0) is 31.2 Å². The number of carbonyl (C=O) groups is 1. The van der Waals surface area contributed by atoms with Gasteiger partial charge in [-0.15, -0.1) is 0 Å². The predicted octanol–water partition coefficient (Wildman–Crippen LogP) is 1.01. The van der Waals surface area contributed by atoms with Crippen LogP contribution in [-0.2, 0) is 4.79 Å². The van der Waals surface area contributed by atoms with Crippen molar-refractivity contribution in [2.45, 2.75) is 13.0 Å². The van der Waals surface area contributed by atoms with E-state index in [2.05, 4.69) is 0 Å². The second-order valence-corrected chi connectivity index (χ2v) is 3.38. The molecule has 1 atom stereocenters. The number of ether oxygens (including phenoxy) is 1. The Bertz CT molecular complexity index is 333. The van der Waals surface area contributed by atoms with Crippen LogP contribution in [-0.4, -0.2) is 26.1 Å². The summed E-state index contributed by atoms with van der Waals surface area (Å²) in [6.07, 6.45) is 0. The van der Waals surface area contributed by atoms with Crippen LogP contribution in [0.25, 0.3) is 0 Å². The number of nitrogens with two attached hydrogens (primary N) is 1. The lowest BCUT2D eigenvalue weighted by Crippen LogP contribution is -2.39. The number of carbonyl (C=O) groups excluding carboxylic acids is 1. The van der Waals surface area contributed by atoms with Crippen LogP contribution < -0.4 is 15.4 Å². The third-order valence-corrected chi connectivity index (χ3v) is 2.18. The van der Waals surface area contributed by atoms with E-state index in [0.29, 0.717) is 0 Å². The van der Waals surface area contributed by atoms with E-state index in [1.165, 1.54) is 4.90 Å². The highest BCUT2D eigenvalue weighted by Gasteiger charge is 2.14. The van der Waals surface area contributed by atoms with Crippen molar-refractivity contribution in [2.24, 2.45) is 5.73 Å². The maximum absolute atomic E-state index is 11.6. The molecule has 0 radical (unpaired) electrons. The maximum atomic E-state index is 11.6. The van der Waals surface area contributed by atoms with Crippen molar-refractivity contribution in [1.82, 2.24) is 0 Å². The molecule has 0 aliphatic heterocycles. The number of methoxy groups -OCH3 is 1. The minimum atomic E-state index is -0.489. The highest BCUT2D eigenvalue weighted by Crippen LogP contribution is 2.18. The fourth-order valence-corrected chi connectivity index (χ4v) is 1.24. The highest BCUT2D eigenvalue weighted by atomic mass is 16.5. The van der Waals surface area contributed by atoms with Gasteiger partial charge in [0, 0.05) is 12.7 Å². The molecule has 15 heavy (non-hydrogen) atoms. The van der Waals surface area contributed by atoms with E-state index < -0.39 is 6.04 Å². The Morgan fingerprint density at radius 1 is 1.40 bits per heavy atom. The minimum absolute atomic E-state index is 0.111. The number of amides is 1. The van der Waals surface area contributed by atoms with Crippen LogP contribution in [0.2, 0.25) is 0 Å². The fraction of sp³-hybridized carbons (Fsp3) is 0.364. The molecular formula is C11H16N2O2. The molecule has 0 spiro atoms. The SMILES string of the molecule is COc1ccc(N(C)C(=O)[C@@H](C)N)cc1. The normalized spacial score (nSPS) is 12.0. The van der Waals surface area contributed by atoms with Crippen molar-refractivity contribution in [3.8, 4) is 5.75 Å². The second-order valence-electron chi connectivity index (χ2n) is 3.38. The van der Waals surface area contributed by atoms with Gasteiger partial charge < -0.3 is 15.4 Å². The molecule has 82 valence electrons. The van der Waals surface area contributed by atoms with Crippen molar-refractivity contribution < 1.29 is 9.53 Å². The zero-order valence-electron chi connectivity index (χ0n) is 9.23. The number of nitrogens with zero attached hydrogens (tertiary/aromatic N) is 1. The van der Waals surface area contributed by atoms with Gasteiger partial charge in [0.05, 0.1) is 13.2 Å². The summed E-state index contributed by atoms with van der Waals surface area (Å²) in [7, 11) is 3.30. The molecule has 0 aliphatic carbocycles. The van der Waals surface area contributed by atoms with Crippen molar-refractivity contribution in [3.05, 3.63) is 24.3 Å². The molecule has 1 aromatic rings. The van der Waals surface area contributed by atoms with Gasteiger partial charge in [-0.1, -0.05) is 0 Å². The van der Waals surface area contributed by atoms with Crippen LogP contribution >= 0.6 is 0 Å². The zero-order chi connectivity index (χ0) is 11.4. The summed E-state index contributed by atoms with van der Waals surface area (Å²) in [4.78, 5) is 13.1. The second kappa shape index (κ2) is 4.79. The van der Waals surface area contributed by atoms with Crippen molar-refractivity contribution in [3.63, 3.8) is 0 Å². The Balaban J connectivity index is 2.82. The molecule has 0 unspecified atom stereocenters. The summed E-state index contributed by atoms with van der Waals surface area (Å²) < 4.78 is 5.03. The molecule has 0 heterocycles.